The number of Topliss-reactive ketones (excluding diaryl/α,β-unsaturated/α-hetero) is 1. The minimum atomic E-state index is -0.843. The van der Waals surface area contributed by atoms with Crippen LogP contribution in [0.1, 0.15) is 69.2 Å². The number of allylic oxidation sites excluding steroid dienone is 4. The first-order chi connectivity index (χ1) is 20.1. The van der Waals surface area contributed by atoms with Gasteiger partial charge in [0.15, 0.2) is 10.1 Å². The van der Waals surface area contributed by atoms with Crippen LogP contribution in [-0.4, -0.2) is 38.4 Å². The van der Waals surface area contributed by atoms with Crippen molar-refractivity contribution in [1.29, 1.82) is 0 Å². The number of fused-ring (bicyclic) bond motifs is 2. The van der Waals surface area contributed by atoms with Gasteiger partial charge in [0.2, 0.25) is 0 Å². The Balaban J connectivity index is 1.21. The Labute approximate surface area is 256 Å². The Hall–Kier alpha value is -2.25. The molecule has 1 unspecified atom stereocenters. The second-order valence-electron chi connectivity index (χ2n) is 14.2. The van der Waals surface area contributed by atoms with Crippen LogP contribution in [-0.2, 0) is 0 Å². The molecule has 8 atom stereocenters. The van der Waals surface area contributed by atoms with Crippen LogP contribution in [0.5, 0.6) is 0 Å². The zero-order valence-corrected chi connectivity index (χ0v) is 26.0. The van der Waals surface area contributed by atoms with Crippen LogP contribution >= 0.6 is 23.1 Å². The SMILES string of the molecule is C[C@]12CC[C@H]3[C@]4(C=C[C@@]5(C=C4C(=O)c4ccccc4)CC(O)CC[C@]35C)[C@@H]1CC[C@@]2(O)CSc1nc2ccccc2s1. The van der Waals surface area contributed by atoms with Gasteiger partial charge in [-0.15, -0.1) is 11.3 Å². The van der Waals surface area contributed by atoms with Gasteiger partial charge >= 0.3 is 0 Å². The highest BCUT2D eigenvalue weighted by Gasteiger charge is 2.74. The fourth-order valence-electron chi connectivity index (χ4n) is 10.4. The first kappa shape index (κ1) is 27.3. The van der Waals surface area contributed by atoms with Crippen LogP contribution in [0.15, 0.2) is 82.7 Å². The van der Waals surface area contributed by atoms with Gasteiger partial charge < -0.3 is 10.2 Å². The number of carbonyl (C=O) groups is 1. The van der Waals surface area contributed by atoms with E-state index in [0.717, 1.165) is 59.5 Å². The van der Waals surface area contributed by atoms with Gasteiger partial charge in [-0.2, -0.15) is 0 Å². The Bertz CT molecular complexity index is 1610. The summed E-state index contributed by atoms with van der Waals surface area (Å²) in [5.41, 5.74) is 0.779. The van der Waals surface area contributed by atoms with Crippen LogP contribution in [0.2, 0.25) is 0 Å². The van der Waals surface area contributed by atoms with Gasteiger partial charge in [0, 0.05) is 33.1 Å². The van der Waals surface area contributed by atoms with E-state index in [4.69, 9.17) is 4.98 Å². The summed E-state index contributed by atoms with van der Waals surface area (Å²) < 4.78 is 2.19. The molecule has 0 radical (unpaired) electrons. The topological polar surface area (TPSA) is 70.4 Å². The number of benzene rings is 2. The number of aliphatic hydroxyl groups is 2. The van der Waals surface area contributed by atoms with E-state index in [1.165, 1.54) is 4.70 Å². The van der Waals surface area contributed by atoms with Crippen molar-refractivity contribution in [1.82, 2.24) is 4.98 Å². The van der Waals surface area contributed by atoms with Crippen molar-refractivity contribution in [2.45, 2.75) is 74.8 Å². The molecule has 0 saturated heterocycles. The number of para-hydroxylation sites is 1. The monoisotopic (exact) mass is 597 g/mol. The molecule has 6 aliphatic rings. The molecule has 2 N–H and O–H groups in total. The number of carbonyl (C=O) groups excluding carboxylic acids is 1. The van der Waals surface area contributed by atoms with Gasteiger partial charge in [-0.25, -0.2) is 4.98 Å². The van der Waals surface area contributed by atoms with Gasteiger partial charge in [0.05, 0.1) is 21.9 Å². The van der Waals surface area contributed by atoms with Crippen molar-refractivity contribution in [3.63, 3.8) is 0 Å². The highest BCUT2D eigenvalue weighted by atomic mass is 32.2. The summed E-state index contributed by atoms with van der Waals surface area (Å²) in [5, 5.41) is 23.4. The van der Waals surface area contributed by atoms with Crippen molar-refractivity contribution < 1.29 is 15.0 Å². The predicted octanol–water partition coefficient (Wildman–Crippen LogP) is 7.86. The molecular weight excluding hydrogens is 559 g/mol. The summed E-state index contributed by atoms with van der Waals surface area (Å²) in [5.74, 6) is 1.22. The molecule has 0 amide bonds. The molecule has 0 aliphatic heterocycles. The third-order valence-electron chi connectivity index (χ3n) is 12.7. The maximum Gasteiger partial charge on any atom is 0.189 e. The van der Waals surface area contributed by atoms with Gasteiger partial charge in [-0.05, 0) is 74.3 Å². The molecule has 6 heteroatoms. The second kappa shape index (κ2) is 9.13. The average Bonchev–Trinajstić information content (AvgIpc) is 3.54. The molecule has 2 bridgehead atoms. The first-order valence-corrected chi connectivity index (χ1v) is 17.4. The van der Waals surface area contributed by atoms with Gasteiger partial charge in [-0.1, -0.05) is 86.3 Å². The molecule has 3 saturated carbocycles. The maximum atomic E-state index is 14.5. The number of thioether (sulfide) groups is 1. The highest BCUT2D eigenvalue weighted by Crippen LogP contribution is 2.78. The predicted molar refractivity (Wildman–Crippen MR) is 170 cm³/mol. The lowest BCUT2D eigenvalue weighted by atomic mass is 9.32. The molecule has 9 rings (SSSR count). The molecule has 1 heterocycles. The Morgan fingerprint density at radius 3 is 2.48 bits per heavy atom. The maximum absolute atomic E-state index is 14.5. The zero-order valence-electron chi connectivity index (χ0n) is 24.4. The van der Waals surface area contributed by atoms with Crippen molar-refractivity contribution >= 4 is 39.1 Å². The quantitative estimate of drug-likeness (QED) is 0.178. The van der Waals surface area contributed by atoms with E-state index in [9.17, 15) is 15.0 Å². The molecular formula is C36H39NO3S2. The normalized spacial score (nSPS) is 41.7. The van der Waals surface area contributed by atoms with E-state index in [-0.39, 0.29) is 34.1 Å². The summed E-state index contributed by atoms with van der Waals surface area (Å²) in [6, 6.07) is 18.0. The van der Waals surface area contributed by atoms with E-state index in [2.05, 4.69) is 50.3 Å². The molecule has 6 aliphatic carbocycles. The first-order valence-electron chi connectivity index (χ1n) is 15.6. The van der Waals surface area contributed by atoms with Crippen LogP contribution in [0.25, 0.3) is 10.2 Å². The average molecular weight is 598 g/mol. The smallest absolute Gasteiger partial charge is 0.189 e. The molecule has 2 spiro atoms. The van der Waals surface area contributed by atoms with E-state index in [1.807, 2.05) is 36.4 Å². The third kappa shape index (κ3) is 3.44. The van der Waals surface area contributed by atoms with E-state index < -0.39 is 11.0 Å². The third-order valence-corrected chi connectivity index (χ3v) is 15.1. The van der Waals surface area contributed by atoms with Crippen LogP contribution in [0.3, 0.4) is 0 Å². The molecule has 42 heavy (non-hydrogen) atoms. The standard InChI is InChI=1S/C36H39NO3S2/c1-32-15-12-24(38)20-34(32)18-19-36(25(21-34)30(39)23-8-4-3-5-9-23)28(32)13-16-33(2)29(36)14-17-35(33,40)22-41-31-37-26-10-6-7-11-27(26)42-31/h3-11,18-19,21,24,28-29,38,40H,12-17,20,22H2,1-2H3/t24?,28-,29-,32-,33+,34+,35-,36-/m1/s1. The molecule has 3 fully saturated rings. The van der Waals surface area contributed by atoms with Gasteiger partial charge in [0.25, 0.3) is 0 Å². The summed E-state index contributed by atoms with van der Waals surface area (Å²) in [6.07, 6.45) is 12.8. The molecule has 2 aromatic carbocycles. The number of ketones is 1. The molecule has 1 aromatic heterocycles. The molecule has 4 nitrogen and oxygen atoms in total. The number of hydrogen-bond acceptors (Lipinski definition) is 6. The number of rotatable bonds is 5. The molecule has 3 aromatic rings. The van der Waals surface area contributed by atoms with Gasteiger partial charge in [0.1, 0.15) is 0 Å². The summed E-state index contributed by atoms with van der Waals surface area (Å²) >= 11 is 3.40. The summed E-state index contributed by atoms with van der Waals surface area (Å²) in [6.45, 7) is 4.76. The summed E-state index contributed by atoms with van der Waals surface area (Å²) in [4.78, 5) is 19.4. The summed E-state index contributed by atoms with van der Waals surface area (Å²) in [7, 11) is 0. The fraction of sp³-hybridized carbons (Fsp3) is 0.500. The lowest BCUT2D eigenvalue weighted by Gasteiger charge is -2.71. The zero-order chi connectivity index (χ0) is 29.0. The number of aliphatic hydroxyl groups excluding tert-OH is 1. The Kier molecular flexibility index (Phi) is 5.94. The Morgan fingerprint density at radius 1 is 0.952 bits per heavy atom. The van der Waals surface area contributed by atoms with Crippen LogP contribution in [0, 0.1) is 33.5 Å². The number of hydrogen-bond donors (Lipinski definition) is 2. The number of aromatic nitrogens is 1. The lowest BCUT2D eigenvalue weighted by molar-refractivity contribution is -0.166. The van der Waals surface area contributed by atoms with Gasteiger partial charge in [-0.3, -0.25) is 4.79 Å². The minimum Gasteiger partial charge on any atom is -0.393 e. The van der Waals surface area contributed by atoms with Crippen LogP contribution in [0.4, 0.5) is 0 Å². The largest absolute Gasteiger partial charge is 0.393 e. The van der Waals surface area contributed by atoms with Crippen molar-refractivity contribution in [3.8, 4) is 0 Å². The van der Waals surface area contributed by atoms with E-state index >= 15 is 0 Å². The van der Waals surface area contributed by atoms with Crippen molar-refractivity contribution in [2.75, 3.05) is 5.75 Å². The van der Waals surface area contributed by atoms with E-state index in [0.29, 0.717) is 18.1 Å². The molecule has 218 valence electrons. The number of thiazole rings is 1. The van der Waals surface area contributed by atoms with E-state index in [1.54, 1.807) is 23.1 Å². The lowest BCUT2D eigenvalue weighted by Crippen LogP contribution is -2.67. The van der Waals surface area contributed by atoms with Crippen molar-refractivity contribution in [3.05, 3.63) is 84.0 Å². The second-order valence-corrected chi connectivity index (χ2v) is 16.5. The highest BCUT2D eigenvalue weighted by molar-refractivity contribution is 8.01. The Morgan fingerprint density at radius 2 is 1.67 bits per heavy atom. The minimum absolute atomic E-state index is 0.0147. The van der Waals surface area contributed by atoms with Crippen molar-refractivity contribution in [2.24, 2.45) is 33.5 Å². The van der Waals surface area contributed by atoms with Crippen LogP contribution < -0.4 is 0 Å². The fourth-order valence-corrected chi connectivity index (χ4v) is 12.8. The number of nitrogens with zero attached hydrogens (tertiary/aromatic N) is 1.